The first kappa shape index (κ1) is 17.1. The second-order valence-electron chi connectivity index (χ2n) is 5.36. The van der Waals surface area contributed by atoms with Gasteiger partial charge in [0.15, 0.2) is 0 Å². The Labute approximate surface area is 136 Å². The summed E-state index contributed by atoms with van der Waals surface area (Å²) in [5.74, 6) is -0.0609. The van der Waals surface area contributed by atoms with E-state index in [-0.39, 0.29) is 11.9 Å². The number of likely N-dealkylation sites (N-methyl/N-ethyl adjacent to an activating group) is 1. The first-order chi connectivity index (χ1) is 11.2. The minimum atomic E-state index is -0.247. The zero-order chi connectivity index (χ0) is 16.5. The number of carbonyl (C=O) groups excluding carboxylic acids is 1. The van der Waals surface area contributed by atoms with Crippen LogP contribution in [0.3, 0.4) is 0 Å². The van der Waals surface area contributed by atoms with Crippen LogP contribution in [0.5, 0.6) is 0 Å². The Morgan fingerprint density at radius 2 is 2.04 bits per heavy atom. The van der Waals surface area contributed by atoms with E-state index in [2.05, 4.69) is 15.3 Å². The second-order valence-corrected chi connectivity index (χ2v) is 5.36. The summed E-state index contributed by atoms with van der Waals surface area (Å²) < 4.78 is 5.18. The Balaban J connectivity index is 1.89. The lowest BCUT2D eigenvalue weighted by atomic mass is 10.2. The monoisotopic (exact) mass is 314 g/mol. The summed E-state index contributed by atoms with van der Waals surface area (Å²) in [4.78, 5) is 22.5. The van der Waals surface area contributed by atoms with E-state index in [0.717, 1.165) is 11.3 Å². The van der Waals surface area contributed by atoms with Gasteiger partial charge in [0.05, 0.1) is 24.9 Å². The van der Waals surface area contributed by atoms with Crippen molar-refractivity contribution in [2.75, 3.05) is 27.3 Å². The van der Waals surface area contributed by atoms with Crippen molar-refractivity contribution in [2.45, 2.75) is 12.6 Å². The van der Waals surface area contributed by atoms with Crippen LogP contribution in [0.2, 0.25) is 0 Å². The molecule has 0 fully saturated rings. The van der Waals surface area contributed by atoms with Gasteiger partial charge in [0.1, 0.15) is 0 Å². The lowest BCUT2D eigenvalue weighted by Gasteiger charge is -2.20. The maximum Gasteiger partial charge on any atom is 0.234 e. The van der Waals surface area contributed by atoms with E-state index in [1.54, 1.807) is 25.7 Å². The van der Waals surface area contributed by atoms with E-state index in [1.165, 1.54) is 0 Å². The molecule has 2 aromatic heterocycles. The van der Waals surface area contributed by atoms with Crippen molar-refractivity contribution in [1.29, 1.82) is 0 Å². The molecular weight excluding hydrogens is 292 g/mol. The summed E-state index contributed by atoms with van der Waals surface area (Å²) in [7, 11) is 3.52. The third kappa shape index (κ3) is 5.77. The Morgan fingerprint density at radius 1 is 1.26 bits per heavy atom. The van der Waals surface area contributed by atoms with Gasteiger partial charge < -0.3 is 10.1 Å². The van der Waals surface area contributed by atoms with Gasteiger partial charge in [0.2, 0.25) is 5.91 Å². The summed E-state index contributed by atoms with van der Waals surface area (Å²) in [6.45, 7) is 1.38. The molecule has 2 rings (SSSR count). The van der Waals surface area contributed by atoms with Gasteiger partial charge >= 0.3 is 0 Å². The lowest BCUT2D eigenvalue weighted by Crippen LogP contribution is -2.38. The molecule has 2 heterocycles. The van der Waals surface area contributed by atoms with E-state index < -0.39 is 0 Å². The molecule has 1 atom stereocenters. The molecule has 122 valence electrons. The highest BCUT2D eigenvalue weighted by Crippen LogP contribution is 2.10. The van der Waals surface area contributed by atoms with Crippen molar-refractivity contribution in [2.24, 2.45) is 0 Å². The standard InChI is InChI=1S/C17H22N4O2/c1-21(11-14-6-9-18-10-7-14)12-17(22)20-16(13-23-2)15-5-3-4-8-19-15/h3-10,16H,11-13H2,1-2H3,(H,20,22)/t16-/m0/s1. The SMILES string of the molecule is COC[C@H](NC(=O)CN(C)Cc1ccncc1)c1ccccn1. The third-order valence-corrected chi connectivity index (χ3v) is 3.33. The molecule has 0 saturated heterocycles. The van der Waals surface area contributed by atoms with Gasteiger partial charge in [-0.25, -0.2) is 0 Å². The predicted octanol–water partition coefficient (Wildman–Crippen LogP) is 1.41. The van der Waals surface area contributed by atoms with Crippen LogP contribution in [0.1, 0.15) is 17.3 Å². The molecular formula is C17H22N4O2. The van der Waals surface area contributed by atoms with Crippen molar-refractivity contribution in [3.63, 3.8) is 0 Å². The molecule has 0 bridgehead atoms. The number of aromatic nitrogens is 2. The highest BCUT2D eigenvalue weighted by Gasteiger charge is 2.16. The lowest BCUT2D eigenvalue weighted by molar-refractivity contribution is -0.123. The molecule has 6 heteroatoms. The fourth-order valence-corrected chi connectivity index (χ4v) is 2.29. The molecule has 0 saturated carbocycles. The zero-order valence-electron chi connectivity index (χ0n) is 13.5. The van der Waals surface area contributed by atoms with Gasteiger partial charge in [-0.15, -0.1) is 0 Å². The Bertz CT molecular complexity index is 592. The molecule has 0 aliphatic carbocycles. The normalized spacial score (nSPS) is 12.1. The summed E-state index contributed by atoms with van der Waals surface area (Å²) in [5.41, 5.74) is 1.91. The first-order valence-electron chi connectivity index (χ1n) is 7.45. The van der Waals surface area contributed by atoms with Gasteiger partial charge in [-0.3, -0.25) is 19.7 Å². The maximum absolute atomic E-state index is 12.3. The Morgan fingerprint density at radius 3 is 2.70 bits per heavy atom. The minimum Gasteiger partial charge on any atom is -0.382 e. The first-order valence-corrected chi connectivity index (χ1v) is 7.45. The number of amides is 1. The number of ether oxygens (including phenoxy) is 1. The number of pyridine rings is 2. The van der Waals surface area contributed by atoms with Gasteiger partial charge in [0, 0.05) is 32.2 Å². The van der Waals surface area contributed by atoms with Crippen LogP contribution in [0.25, 0.3) is 0 Å². The molecule has 0 radical (unpaired) electrons. The van der Waals surface area contributed by atoms with Crippen LogP contribution in [0, 0.1) is 0 Å². The fraction of sp³-hybridized carbons (Fsp3) is 0.353. The summed E-state index contributed by atoms with van der Waals surface area (Å²) in [6, 6.07) is 9.25. The van der Waals surface area contributed by atoms with Crippen LogP contribution in [0.15, 0.2) is 48.9 Å². The number of hydrogen-bond acceptors (Lipinski definition) is 5. The topological polar surface area (TPSA) is 67.3 Å². The molecule has 1 N–H and O–H groups in total. The van der Waals surface area contributed by atoms with Crippen LogP contribution < -0.4 is 5.32 Å². The van der Waals surface area contributed by atoms with Crippen LogP contribution in [0.4, 0.5) is 0 Å². The van der Waals surface area contributed by atoms with E-state index in [1.807, 2.05) is 42.3 Å². The van der Waals surface area contributed by atoms with Crippen LogP contribution in [-0.4, -0.2) is 48.1 Å². The fourth-order valence-electron chi connectivity index (χ4n) is 2.29. The maximum atomic E-state index is 12.3. The van der Waals surface area contributed by atoms with E-state index in [9.17, 15) is 4.79 Å². The van der Waals surface area contributed by atoms with E-state index in [0.29, 0.717) is 19.7 Å². The highest BCUT2D eigenvalue weighted by atomic mass is 16.5. The molecule has 0 aliphatic heterocycles. The van der Waals surface area contributed by atoms with Crippen LogP contribution in [-0.2, 0) is 16.1 Å². The summed E-state index contributed by atoms with van der Waals surface area (Å²) in [6.07, 6.45) is 5.21. The average Bonchev–Trinajstić information content (AvgIpc) is 2.56. The molecule has 2 aromatic rings. The Kier molecular flexibility index (Phi) is 6.65. The van der Waals surface area contributed by atoms with Gasteiger partial charge in [0.25, 0.3) is 0 Å². The molecule has 23 heavy (non-hydrogen) atoms. The summed E-state index contributed by atoms with van der Waals surface area (Å²) in [5, 5.41) is 2.97. The number of nitrogens with zero attached hydrogens (tertiary/aromatic N) is 3. The number of methoxy groups -OCH3 is 1. The van der Waals surface area contributed by atoms with Crippen molar-refractivity contribution in [3.8, 4) is 0 Å². The summed E-state index contributed by atoms with van der Waals surface area (Å²) >= 11 is 0. The highest BCUT2D eigenvalue weighted by molar-refractivity contribution is 5.78. The molecule has 0 spiro atoms. The van der Waals surface area contributed by atoms with Crippen molar-refractivity contribution in [1.82, 2.24) is 20.2 Å². The predicted molar refractivity (Wildman–Crippen MR) is 87.6 cm³/mol. The molecule has 1 amide bonds. The smallest absolute Gasteiger partial charge is 0.234 e. The molecule has 0 aliphatic rings. The molecule has 0 unspecified atom stereocenters. The van der Waals surface area contributed by atoms with Crippen molar-refractivity contribution < 1.29 is 9.53 Å². The molecule has 0 aromatic carbocycles. The van der Waals surface area contributed by atoms with Crippen molar-refractivity contribution >= 4 is 5.91 Å². The van der Waals surface area contributed by atoms with Gasteiger partial charge in [-0.1, -0.05) is 6.07 Å². The largest absolute Gasteiger partial charge is 0.382 e. The van der Waals surface area contributed by atoms with Crippen molar-refractivity contribution in [3.05, 3.63) is 60.2 Å². The molecule has 6 nitrogen and oxygen atoms in total. The van der Waals surface area contributed by atoms with Gasteiger partial charge in [-0.2, -0.15) is 0 Å². The number of carbonyl (C=O) groups is 1. The zero-order valence-corrected chi connectivity index (χ0v) is 13.5. The third-order valence-electron chi connectivity index (χ3n) is 3.33. The minimum absolute atomic E-state index is 0.0609. The van der Waals surface area contributed by atoms with Gasteiger partial charge in [-0.05, 0) is 36.9 Å². The van der Waals surface area contributed by atoms with E-state index >= 15 is 0 Å². The number of rotatable bonds is 8. The number of nitrogens with one attached hydrogen (secondary N) is 1. The second kappa shape index (κ2) is 8.97. The van der Waals surface area contributed by atoms with E-state index in [4.69, 9.17) is 4.74 Å². The quantitative estimate of drug-likeness (QED) is 0.798. The Hall–Kier alpha value is -2.31. The number of hydrogen-bond donors (Lipinski definition) is 1. The van der Waals surface area contributed by atoms with Crippen LogP contribution >= 0.6 is 0 Å². The average molecular weight is 314 g/mol.